The minimum Gasteiger partial charge on any atom is -0.389 e. The number of aromatic nitrogens is 1. The Balaban J connectivity index is 1.44. The maximum Gasteiger partial charge on any atom is 0.0897 e. The Bertz CT molecular complexity index is 409. The highest BCUT2D eigenvalue weighted by Gasteiger charge is 2.25. The molecule has 120 valence electrons. The lowest BCUT2D eigenvalue weighted by molar-refractivity contribution is 0.0383. The summed E-state index contributed by atoms with van der Waals surface area (Å²) in [5.74, 6) is 0. The van der Waals surface area contributed by atoms with Crippen molar-refractivity contribution in [1.82, 2.24) is 15.2 Å². The Kier molecular flexibility index (Phi) is 7.06. The Morgan fingerprint density at radius 1 is 1.57 bits per heavy atom. The average molecular weight is 313 g/mol. The Morgan fingerprint density at radius 3 is 3.05 bits per heavy atom. The number of ether oxygens (including phenoxy) is 1. The summed E-state index contributed by atoms with van der Waals surface area (Å²) < 4.78 is 5.53. The molecule has 1 fully saturated rings. The topological polar surface area (TPSA) is 57.6 Å². The van der Waals surface area contributed by atoms with Crippen molar-refractivity contribution in [1.29, 1.82) is 0 Å². The van der Waals surface area contributed by atoms with Gasteiger partial charge in [-0.25, -0.2) is 4.98 Å². The van der Waals surface area contributed by atoms with Crippen molar-refractivity contribution in [2.75, 3.05) is 39.9 Å². The van der Waals surface area contributed by atoms with Gasteiger partial charge in [-0.05, 0) is 26.8 Å². The number of aliphatic hydroxyl groups is 1. The van der Waals surface area contributed by atoms with Crippen LogP contribution in [0.25, 0.3) is 0 Å². The van der Waals surface area contributed by atoms with Crippen LogP contribution in [0.5, 0.6) is 0 Å². The molecule has 2 rings (SSSR count). The summed E-state index contributed by atoms with van der Waals surface area (Å²) in [5, 5.41) is 13.1. The maximum atomic E-state index is 9.84. The lowest BCUT2D eigenvalue weighted by Crippen LogP contribution is -2.36. The van der Waals surface area contributed by atoms with E-state index in [1.165, 1.54) is 17.7 Å². The fourth-order valence-corrected chi connectivity index (χ4v) is 2.99. The third-order valence-corrected chi connectivity index (χ3v) is 4.81. The second-order valence-corrected chi connectivity index (χ2v) is 6.69. The third-order valence-electron chi connectivity index (χ3n) is 3.82. The van der Waals surface area contributed by atoms with Crippen LogP contribution < -0.4 is 5.32 Å². The van der Waals surface area contributed by atoms with Gasteiger partial charge in [0, 0.05) is 37.0 Å². The van der Waals surface area contributed by atoms with Crippen molar-refractivity contribution in [2.24, 2.45) is 0 Å². The van der Waals surface area contributed by atoms with Gasteiger partial charge in [0.05, 0.1) is 30.5 Å². The zero-order valence-electron chi connectivity index (χ0n) is 13.0. The summed E-state index contributed by atoms with van der Waals surface area (Å²) in [6, 6.07) is 0.801. The van der Waals surface area contributed by atoms with Crippen LogP contribution in [0.4, 0.5) is 0 Å². The summed E-state index contributed by atoms with van der Waals surface area (Å²) in [6.07, 6.45) is 3.13. The second kappa shape index (κ2) is 8.80. The highest BCUT2D eigenvalue weighted by Crippen LogP contribution is 2.24. The number of hydrogen-bond donors (Lipinski definition) is 2. The molecule has 0 spiro atoms. The summed E-state index contributed by atoms with van der Waals surface area (Å²) in [4.78, 5) is 7.86. The summed E-state index contributed by atoms with van der Waals surface area (Å²) in [5.41, 5.74) is 2.95. The number of likely N-dealkylation sites (N-methyl/N-ethyl adjacent to an activating group) is 1. The number of aliphatic hydroxyl groups excluding tert-OH is 1. The van der Waals surface area contributed by atoms with E-state index in [0.29, 0.717) is 19.8 Å². The maximum absolute atomic E-state index is 9.84. The molecule has 2 N–H and O–H groups in total. The zero-order valence-corrected chi connectivity index (χ0v) is 13.9. The molecular formula is C15H27N3O2S. The van der Waals surface area contributed by atoms with Crippen LogP contribution in [-0.4, -0.2) is 67.0 Å². The fourth-order valence-electron chi connectivity index (χ4n) is 2.23. The van der Waals surface area contributed by atoms with Gasteiger partial charge in [-0.3, -0.25) is 0 Å². The van der Waals surface area contributed by atoms with Crippen molar-refractivity contribution in [3.05, 3.63) is 16.1 Å². The standard InChI is InChI=1S/C15H27N3O2S/c1-12-15(21-11-17-12)5-8-20-10-14(19)9-16-6-7-18(2)13-3-4-13/h11,13-14,16,19H,3-10H2,1-2H3. The van der Waals surface area contributed by atoms with E-state index >= 15 is 0 Å². The molecule has 1 aromatic heterocycles. The molecule has 1 aliphatic rings. The number of nitrogens with one attached hydrogen (secondary N) is 1. The summed E-state index contributed by atoms with van der Waals surface area (Å²) in [6.45, 7) is 5.61. The predicted octanol–water partition coefficient (Wildman–Crippen LogP) is 1.06. The third kappa shape index (κ3) is 6.40. The summed E-state index contributed by atoms with van der Waals surface area (Å²) in [7, 11) is 2.17. The second-order valence-electron chi connectivity index (χ2n) is 5.76. The Hall–Kier alpha value is -0.530. The number of rotatable bonds is 11. The Morgan fingerprint density at radius 2 is 2.38 bits per heavy atom. The van der Waals surface area contributed by atoms with Crippen LogP contribution in [0.2, 0.25) is 0 Å². The average Bonchev–Trinajstić information content (AvgIpc) is 3.24. The molecule has 1 atom stereocenters. The first-order chi connectivity index (χ1) is 10.2. The number of nitrogens with zero attached hydrogens (tertiary/aromatic N) is 2. The van der Waals surface area contributed by atoms with Crippen LogP contribution >= 0.6 is 11.3 Å². The van der Waals surface area contributed by atoms with Gasteiger partial charge in [0.15, 0.2) is 0 Å². The van der Waals surface area contributed by atoms with Crippen LogP contribution in [0.15, 0.2) is 5.51 Å². The highest BCUT2D eigenvalue weighted by molar-refractivity contribution is 7.09. The van der Waals surface area contributed by atoms with E-state index in [4.69, 9.17) is 4.74 Å². The molecule has 0 radical (unpaired) electrons. The SMILES string of the molecule is Cc1ncsc1CCOCC(O)CNCCN(C)C1CC1. The molecule has 1 saturated carbocycles. The lowest BCUT2D eigenvalue weighted by Gasteiger charge is -2.17. The van der Waals surface area contributed by atoms with Gasteiger partial charge in [-0.15, -0.1) is 11.3 Å². The van der Waals surface area contributed by atoms with E-state index < -0.39 is 6.10 Å². The van der Waals surface area contributed by atoms with Gasteiger partial charge in [-0.1, -0.05) is 0 Å². The molecule has 0 saturated heterocycles. The van der Waals surface area contributed by atoms with Crippen molar-refractivity contribution in [3.63, 3.8) is 0 Å². The molecule has 1 heterocycles. The van der Waals surface area contributed by atoms with Crippen LogP contribution in [0.3, 0.4) is 0 Å². The quantitative estimate of drug-likeness (QED) is 0.598. The first kappa shape index (κ1) is 16.8. The zero-order chi connectivity index (χ0) is 15.1. The number of aryl methyl sites for hydroxylation is 1. The monoisotopic (exact) mass is 313 g/mol. The first-order valence-electron chi connectivity index (χ1n) is 7.72. The fraction of sp³-hybridized carbons (Fsp3) is 0.800. The predicted molar refractivity (Wildman–Crippen MR) is 85.9 cm³/mol. The highest BCUT2D eigenvalue weighted by atomic mass is 32.1. The molecule has 0 amide bonds. The van der Waals surface area contributed by atoms with E-state index in [1.807, 2.05) is 12.4 Å². The normalized spacial score (nSPS) is 16.6. The van der Waals surface area contributed by atoms with E-state index in [9.17, 15) is 5.11 Å². The molecule has 5 nitrogen and oxygen atoms in total. The smallest absolute Gasteiger partial charge is 0.0897 e. The van der Waals surface area contributed by atoms with Crippen LogP contribution in [0, 0.1) is 6.92 Å². The van der Waals surface area contributed by atoms with E-state index in [1.54, 1.807) is 11.3 Å². The first-order valence-corrected chi connectivity index (χ1v) is 8.60. The largest absolute Gasteiger partial charge is 0.389 e. The van der Waals surface area contributed by atoms with E-state index in [2.05, 4.69) is 22.2 Å². The Labute approximate surface area is 131 Å². The van der Waals surface area contributed by atoms with Crippen molar-refractivity contribution in [3.8, 4) is 0 Å². The van der Waals surface area contributed by atoms with Gasteiger partial charge >= 0.3 is 0 Å². The molecule has 1 aromatic rings. The summed E-state index contributed by atoms with van der Waals surface area (Å²) >= 11 is 1.66. The van der Waals surface area contributed by atoms with E-state index in [0.717, 1.165) is 31.2 Å². The molecule has 1 aliphatic carbocycles. The van der Waals surface area contributed by atoms with E-state index in [-0.39, 0.29) is 0 Å². The number of thiazole rings is 1. The minimum absolute atomic E-state index is 0.392. The molecular weight excluding hydrogens is 286 g/mol. The van der Waals surface area contributed by atoms with Gasteiger partial charge in [0.1, 0.15) is 0 Å². The minimum atomic E-state index is -0.432. The van der Waals surface area contributed by atoms with Crippen molar-refractivity contribution in [2.45, 2.75) is 38.3 Å². The number of hydrogen-bond acceptors (Lipinski definition) is 6. The molecule has 21 heavy (non-hydrogen) atoms. The van der Waals surface area contributed by atoms with Crippen molar-refractivity contribution < 1.29 is 9.84 Å². The molecule has 6 heteroatoms. The van der Waals surface area contributed by atoms with Crippen molar-refractivity contribution >= 4 is 11.3 Å². The lowest BCUT2D eigenvalue weighted by atomic mass is 10.3. The van der Waals surface area contributed by atoms with Gasteiger partial charge in [-0.2, -0.15) is 0 Å². The van der Waals surface area contributed by atoms with Gasteiger partial charge in [0.25, 0.3) is 0 Å². The van der Waals surface area contributed by atoms with Gasteiger partial charge in [0.2, 0.25) is 0 Å². The van der Waals surface area contributed by atoms with Crippen LogP contribution in [-0.2, 0) is 11.2 Å². The molecule has 0 aliphatic heterocycles. The van der Waals surface area contributed by atoms with Crippen LogP contribution in [0.1, 0.15) is 23.4 Å². The molecule has 0 aromatic carbocycles. The van der Waals surface area contributed by atoms with Gasteiger partial charge < -0.3 is 20.1 Å². The molecule has 0 bridgehead atoms. The molecule has 1 unspecified atom stereocenters.